The maximum atomic E-state index is 12.0. The average Bonchev–Trinajstić information content (AvgIpc) is 2.25. The topological polar surface area (TPSA) is 49.8 Å². The molecule has 0 amide bonds. The van der Waals surface area contributed by atoms with Crippen LogP contribution in [0.25, 0.3) is 0 Å². The third-order valence-corrected chi connectivity index (χ3v) is 2.21. The number of hydrogen-bond acceptors (Lipinski definition) is 2. The van der Waals surface area contributed by atoms with Crippen molar-refractivity contribution < 1.29 is 13.2 Å². The standard InChI is InChI=1S/C11H11F3N2/c12-11(13,14)6-5-10(16)9-3-1-8(7-15)2-4-9/h1-4,10H,5-6,16H2/t10-/m0/s1. The molecule has 0 aliphatic heterocycles. The van der Waals surface area contributed by atoms with Gasteiger partial charge in [-0.2, -0.15) is 18.4 Å². The van der Waals surface area contributed by atoms with Gasteiger partial charge in [-0.05, 0) is 24.1 Å². The molecule has 1 aromatic carbocycles. The molecule has 0 aliphatic carbocycles. The molecule has 5 heteroatoms. The Labute approximate surface area is 91.5 Å². The van der Waals surface area contributed by atoms with Crippen molar-refractivity contribution in [3.8, 4) is 6.07 Å². The highest BCUT2D eigenvalue weighted by Crippen LogP contribution is 2.26. The lowest BCUT2D eigenvalue weighted by molar-refractivity contribution is -0.136. The SMILES string of the molecule is N#Cc1ccc([C@@H](N)CCC(F)(F)F)cc1. The fourth-order valence-corrected chi connectivity index (χ4v) is 1.29. The van der Waals surface area contributed by atoms with E-state index < -0.39 is 18.6 Å². The minimum Gasteiger partial charge on any atom is -0.324 e. The molecule has 86 valence electrons. The molecular weight excluding hydrogens is 217 g/mol. The zero-order chi connectivity index (χ0) is 12.2. The van der Waals surface area contributed by atoms with Gasteiger partial charge < -0.3 is 5.73 Å². The molecule has 0 fully saturated rings. The van der Waals surface area contributed by atoms with Crippen LogP contribution in [0.1, 0.15) is 30.0 Å². The summed E-state index contributed by atoms with van der Waals surface area (Å²) < 4.78 is 35.9. The summed E-state index contributed by atoms with van der Waals surface area (Å²) in [5.74, 6) is 0. The van der Waals surface area contributed by atoms with Crippen molar-refractivity contribution in [2.75, 3.05) is 0 Å². The smallest absolute Gasteiger partial charge is 0.324 e. The van der Waals surface area contributed by atoms with Crippen molar-refractivity contribution in [3.63, 3.8) is 0 Å². The van der Waals surface area contributed by atoms with Gasteiger partial charge in [-0.1, -0.05) is 12.1 Å². The third kappa shape index (κ3) is 3.91. The van der Waals surface area contributed by atoms with E-state index >= 15 is 0 Å². The molecule has 1 aromatic rings. The van der Waals surface area contributed by atoms with E-state index in [1.54, 1.807) is 24.3 Å². The molecular formula is C11H11F3N2. The summed E-state index contributed by atoms with van der Waals surface area (Å²) in [6, 6.07) is 7.54. The average molecular weight is 228 g/mol. The summed E-state index contributed by atoms with van der Waals surface area (Å²) in [4.78, 5) is 0. The van der Waals surface area contributed by atoms with Crippen molar-refractivity contribution in [1.29, 1.82) is 5.26 Å². The monoisotopic (exact) mass is 228 g/mol. The molecule has 0 saturated carbocycles. The van der Waals surface area contributed by atoms with E-state index in [2.05, 4.69) is 0 Å². The Balaban J connectivity index is 2.60. The van der Waals surface area contributed by atoms with E-state index in [-0.39, 0.29) is 6.42 Å². The van der Waals surface area contributed by atoms with Gasteiger partial charge in [0.15, 0.2) is 0 Å². The van der Waals surface area contributed by atoms with Gasteiger partial charge in [0.25, 0.3) is 0 Å². The highest BCUT2D eigenvalue weighted by molar-refractivity contribution is 5.32. The fraction of sp³-hybridized carbons (Fsp3) is 0.364. The maximum absolute atomic E-state index is 12.0. The Hall–Kier alpha value is -1.54. The number of hydrogen-bond donors (Lipinski definition) is 1. The lowest BCUT2D eigenvalue weighted by atomic mass is 10.0. The Morgan fingerprint density at radius 2 is 1.81 bits per heavy atom. The van der Waals surface area contributed by atoms with Crippen LogP contribution >= 0.6 is 0 Å². The van der Waals surface area contributed by atoms with Crippen molar-refractivity contribution in [2.45, 2.75) is 25.1 Å². The highest BCUT2D eigenvalue weighted by Gasteiger charge is 2.27. The maximum Gasteiger partial charge on any atom is 0.389 e. The second-order valence-corrected chi connectivity index (χ2v) is 3.49. The zero-order valence-electron chi connectivity index (χ0n) is 8.46. The van der Waals surface area contributed by atoms with E-state index in [0.29, 0.717) is 11.1 Å². The first-order chi connectivity index (χ1) is 7.42. The molecule has 1 rings (SSSR count). The quantitative estimate of drug-likeness (QED) is 0.864. The van der Waals surface area contributed by atoms with Crippen LogP contribution in [0.15, 0.2) is 24.3 Å². The van der Waals surface area contributed by atoms with E-state index in [1.807, 2.05) is 6.07 Å². The van der Waals surface area contributed by atoms with Crippen LogP contribution in [0.3, 0.4) is 0 Å². The van der Waals surface area contributed by atoms with Gasteiger partial charge in [0, 0.05) is 12.5 Å². The number of nitriles is 1. The van der Waals surface area contributed by atoms with Gasteiger partial charge in [0.05, 0.1) is 11.6 Å². The first-order valence-electron chi connectivity index (χ1n) is 4.75. The molecule has 0 aliphatic rings. The van der Waals surface area contributed by atoms with Crippen molar-refractivity contribution in [1.82, 2.24) is 0 Å². The van der Waals surface area contributed by atoms with E-state index in [9.17, 15) is 13.2 Å². The minimum absolute atomic E-state index is 0.143. The van der Waals surface area contributed by atoms with Crippen LogP contribution in [0.2, 0.25) is 0 Å². The number of rotatable bonds is 3. The number of benzene rings is 1. The normalized spacial score (nSPS) is 13.2. The van der Waals surface area contributed by atoms with E-state index in [0.717, 1.165) is 0 Å². The predicted octanol–water partition coefficient (Wildman–Crippen LogP) is 2.90. The van der Waals surface area contributed by atoms with E-state index in [1.165, 1.54) is 0 Å². The Bertz CT molecular complexity index is 376. The van der Waals surface area contributed by atoms with Crippen molar-refractivity contribution >= 4 is 0 Å². The van der Waals surface area contributed by atoms with Gasteiger partial charge in [-0.15, -0.1) is 0 Å². The molecule has 0 aromatic heterocycles. The highest BCUT2D eigenvalue weighted by atomic mass is 19.4. The first kappa shape index (κ1) is 12.5. The van der Waals surface area contributed by atoms with Crippen LogP contribution < -0.4 is 5.73 Å². The van der Waals surface area contributed by atoms with E-state index in [4.69, 9.17) is 11.0 Å². The van der Waals surface area contributed by atoms with Crippen molar-refractivity contribution in [2.24, 2.45) is 5.73 Å². The van der Waals surface area contributed by atoms with Crippen LogP contribution in [0.5, 0.6) is 0 Å². The Morgan fingerprint density at radius 1 is 1.25 bits per heavy atom. The largest absolute Gasteiger partial charge is 0.389 e. The second kappa shape index (κ2) is 4.99. The molecule has 0 bridgehead atoms. The summed E-state index contributed by atoms with van der Waals surface area (Å²) in [6.07, 6.45) is -5.21. The lowest BCUT2D eigenvalue weighted by Crippen LogP contribution is -2.15. The van der Waals surface area contributed by atoms with Gasteiger partial charge in [-0.25, -0.2) is 0 Å². The molecule has 0 heterocycles. The van der Waals surface area contributed by atoms with Crippen LogP contribution in [0, 0.1) is 11.3 Å². The fourth-order valence-electron chi connectivity index (χ4n) is 1.29. The number of nitrogens with zero attached hydrogens (tertiary/aromatic N) is 1. The molecule has 0 saturated heterocycles. The Morgan fingerprint density at radius 3 is 2.25 bits per heavy atom. The van der Waals surface area contributed by atoms with Crippen LogP contribution in [0.4, 0.5) is 13.2 Å². The molecule has 0 radical (unpaired) electrons. The number of halogens is 3. The molecule has 1 atom stereocenters. The number of alkyl halides is 3. The van der Waals surface area contributed by atoms with Crippen molar-refractivity contribution in [3.05, 3.63) is 35.4 Å². The summed E-state index contributed by atoms with van der Waals surface area (Å²) >= 11 is 0. The summed E-state index contributed by atoms with van der Waals surface area (Å²) in [7, 11) is 0. The summed E-state index contributed by atoms with van der Waals surface area (Å²) in [5, 5.41) is 8.55. The van der Waals surface area contributed by atoms with Crippen LogP contribution in [-0.4, -0.2) is 6.18 Å². The second-order valence-electron chi connectivity index (χ2n) is 3.49. The lowest BCUT2D eigenvalue weighted by Gasteiger charge is -2.13. The molecule has 16 heavy (non-hydrogen) atoms. The van der Waals surface area contributed by atoms with Gasteiger partial charge in [0.1, 0.15) is 0 Å². The predicted molar refractivity (Wildman–Crippen MR) is 53.4 cm³/mol. The third-order valence-electron chi connectivity index (χ3n) is 2.21. The zero-order valence-corrected chi connectivity index (χ0v) is 8.46. The molecule has 0 spiro atoms. The van der Waals surface area contributed by atoms with Gasteiger partial charge in [-0.3, -0.25) is 0 Å². The summed E-state index contributed by atoms with van der Waals surface area (Å²) in [6.45, 7) is 0. The van der Waals surface area contributed by atoms with Crippen LogP contribution in [-0.2, 0) is 0 Å². The molecule has 0 unspecified atom stereocenters. The Kier molecular flexibility index (Phi) is 3.91. The minimum atomic E-state index is -4.18. The molecule has 2 nitrogen and oxygen atoms in total. The van der Waals surface area contributed by atoms with Gasteiger partial charge in [0.2, 0.25) is 0 Å². The summed E-state index contributed by atoms with van der Waals surface area (Å²) in [5.41, 5.74) is 6.69. The number of nitrogens with two attached hydrogens (primary N) is 1. The molecule has 2 N–H and O–H groups in total. The van der Waals surface area contributed by atoms with Gasteiger partial charge >= 0.3 is 6.18 Å². The first-order valence-corrected chi connectivity index (χ1v) is 4.75.